The average molecular weight is 545 g/mol. The summed E-state index contributed by atoms with van der Waals surface area (Å²) in [6, 6.07) is 2.27. The van der Waals surface area contributed by atoms with Crippen LogP contribution in [0.2, 0.25) is 0 Å². The predicted octanol–water partition coefficient (Wildman–Crippen LogP) is 2.88. The minimum Gasteiger partial charge on any atom is -0.475 e. The number of pyridine rings is 1. The molecular formula is C18H27F3IN5O3. The Balaban J connectivity index is 0.00000450. The Hall–Kier alpha value is -1.99. The molecule has 0 unspecified atom stereocenters. The number of nitrogens with one attached hydrogen (secondary N) is 2. The van der Waals surface area contributed by atoms with Gasteiger partial charge >= 0.3 is 12.3 Å². The Kier molecular flexibility index (Phi) is 11.0. The van der Waals surface area contributed by atoms with Gasteiger partial charge in [-0.2, -0.15) is 13.2 Å². The Morgan fingerprint density at radius 3 is 2.67 bits per heavy atom. The molecule has 0 aliphatic carbocycles. The summed E-state index contributed by atoms with van der Waals surface area (Å²) in [6.07, 6.45) is -2.14. The van der Waals surface area contributed by atoms with Crippen molar-refractivity contribution < 1.29 is 27.4 Å². The molecule has 1 amide bonds. The number of likely N-dealkylation sites (tertiary alicyclic amines) is 1. The van der Waals surface area contributed by atoms with Crippen molar-refractivity contribution in [2.75, 3.05) is 39.9 Å². The number of nitrogens with zero attached hydrogens (tertiary/aromatic N) is 3. The minimum atomic E-state index is -4.53. The van der Waals surface area contributed by atoms with E-state index >= 15 is 0 Å². The van der Waals surface area contributed by atoms with E-state index in [1.165, 1.54) is 19.4 Å². The van der Waals surface area contributed by atoms with Crippen LogP contribution in [0.3, 0.4) is 0 Å². The van der Waals surface area contributed by atoms with E-state index in [-0.39, 0.29) is 49.3 Å². The molecule has 1 aliphatic rings. The molecule has 0 saturated carbocycles. The van der Waals surface area contributed by atoms with Crippen molar-refractivity contribution in [3.63, 3.8) is 0 Å². The van der Waals surface area contributed by atoms with Crippen LogP contribution in [-0.2, 0) is 10.9 Å². The van der Waals surface area contributed by atoms with Crippen LogP contribution in [-0.4, -0.2) is 67.9 Å². The monoisotopic (exact) mass is 545 g/mol. The molecule has 1 aromatic rings. The molecule has 2 N–H and O–H groups in total. The molecular weight excluding hydrogens is 518 g/mol. The quantitative estimate of drug-likeness (QED) is 0.248. The van der Waals surface area contributed by atoms with Crippen molar-refractivity contribution in [1.82, 2.24) is 20.5 Å². The zero-order valence-electron chi connectivity index (χ0n) is 16.9. The van der Waals surface area contributed by atoms with Crippen LogP contribution < -0.4 is 15.4 Å². The summed E-state index contributed by atoms with van der Waals surface area (Å²) in [7, 11) is 1.35. The molecule has 1 fully saturated rings. The lowest BCUT2D eigenvalue weighted by Gasteiger charge is -2.32. The first-order valence-corrected chi connectivity index (χ1v) is 9.38. The number of methoxy groups -OCH3 is 1. The summed E-state index contributed by atoms with van der Waals surface area (Å²) in [5.74, 6) is 0.0908. The van der Waals surface area contributed by atoms with Crippen LogP contribution >= 0.6 is 24.0 Å². The van der Waals surface area contributed by atoms with E-state index in [1.807, 2.05) is 6.92 Å². The van der Waals surface area contributed by atoms with Gasteiger partial charge in [0.1, 0.15) is 12.2 Å². The second-order valence-corrected chi connectivity index (χ2v) is 6.34. The van der Waals surface area contributed by atoms with Gasteiger partial charge in [0, 0.05) is 31.9 Å². The highest BCUT2D eigenvalue weighted by Crippen LogP contribution is 2.34. The molecule has 8 nitrogen and oxygen atoms in total. The topological polar surface area (TPSA) is 88.1 Å². The summed E-state index contributed by atoms with van der Waals surface area (Å²) in [5, 5.41) is 6.37. The number of carbonyl (C=O) groups is 1. The van der Waals surface area contributed by atoms with Gasteiger partial charge in [0.25, 0.3) is 0 Å². The number of halogens is 4. The van der Waals surface area contributed by atoms with E-state index < -0.39 is 17.6 Å². The van der Waals surface area contributed by atoms with Crippen LogP contribution in [0.5, 0.6) is 5.88 Å². The SMILES string of the molecule is CCNC(=NCCOc1ncccc1C(F)(F)F)NC1CCN(C(=O)OC)CC1.I. The molecule has 1 aromatic heterocycles. The van der Waals surface area contributed by atoms with Crippen molar-refractivity contribution in [2.45, 2.75) is 32.0 Å². The molecule has 12 heteroatoms. The van der Waals surface area contributed by atoms with Crippen LogP contribution in [0, 0.1) is 0 Å². The zero-order chi connectivity index (χ0) is 21.3. The number of piperidine rings is 1. The van der Waals surface area contributed by atoms with Gasteiger partial charge in [0.15, 0.2) is 5.96 Å². The third-order valence-corrected chi connectivity index (χ3v) is 4.29. The molecule has 0 bridgehead atoms. The van der Waals surface area contributed by atoms with Crippen molar-refractivity contribution in [3.05, 3.63) is 23.9 Å². The molecule has 1 aliphatic heterocycles. The molecule has 1 saturated heterocycles. The lowest BCUT2D eigenvalue weighted by Crippen LogP contribution is -2.49. The lowest BCUT2D eigenvalue weighted by molar-refractivity contribution is -0.139. The number of hydrogen-bond acceptors (Lipinski definition) is 5. The normalized spacial score (nSPS) is 15.2. The first-order valence-electron chi connectivity index (χ1n) is 9.38. The summed E-state index contributed by atoms with van der Waals surface area (Å²) >= 11 is 0. The minimum absolute atomic E-state index is 0. The molecule has 0 spiro atoms. The maximum Gasteiger partial charge on any atom is 0.421 e. The zero-order valence-corrected chi connectivity index (χ0v) is 19.2. The first kappa shape index (κ1) is 26.0. The largest absolute Gasteiger partial charge is 0.475 e. The smallest absolute Gasteiger partial charge is 0.421 e. The summed E-state index contributed by atoms with van der Waals surface area (Å²) in [5.41, 5.74) is -0.911. The number of ether oxygens (including phenoxy) is 2. The van der Waals surface area contributed by atoms with Gasteiger partial charge in [0.05, 0.1) is 13.7 Å². The van der Waals surface area contributed by atoms with E-state index in [0.717, 1.165) is 18.9 Å². The van der Waals surface area contributed by atoms with Gasteiger partial charge in [-0.15, -0.1) is 24.0 Å². The van der Waals surface area contributed by atoms with Crippen molar-refractivity contribution in [2.24, 2.45) is 4.99 Å². The van der Waals surface area contributed by atoms with Crippen LogP contribution in [0.4, 0.5) is 18.0 Å². The Labute approximate surface area is 190 Å². The number of alkyl halides is 3. The van der Waals surface area contributed by atoms with Gasteiger partial charge in [-0.1, -0.05) is 0 Å². The van der Waals surface area contributed by atoms with Gasteiger partial charge < -0.3 is 25.0 Å². The average Bonchev–Trinajstić information content (AvgIpc) is 2.71. The first-order chi connectivity index (χ1) is 13.8. The fourth-order valence-electron chi connectivity index (χ4n) is 2.87. The van der Waals surface area contributed by atoms with E-state index in [9.17, 15) is 18.0 Å². The van der Waals surface area contributed by atoms with E-state index in [0.29, 0.717) is 25.6 Å². The molecule has 170 valence electrons. The van der Waals surface area contributed by atoms with Gasteiger partial charge in [-0.05, 0) is 31.9 Å². The second-order valence-electron chi connectivity index (χ2n) is 6.34. The van der Waals surface area contributed by atoms with Crippen molar-refractivity contribution in [3.8, 4) is 5.88 Å². The number of guanidine groups is 1. The van der Waals surface area contributed by atoms with Gasteiger partial charge in [-0.3, -0.25) is 0 Å². The lowest BCUT2D eigenvalue weighted by atomic mass is 10.1. The third kappa shape index (κ3) is 8.03. The molecule has 0 aromatic carbocycles. The van der Waals surface area contributed by atoms with E-state index in [4.69, 9.17) is 9.47 Å². The van der Waals surface area contributed by atoms with Crippen LogP contribution in [0.25, 0.3) is 0 Å². The number of aromatic nitrogens is 1. The number of aliphatic imine (C=N–C) groups is 1. The Morgan fingerprint density at radius 1 is 1.37 bits per heavy atom. The summed E-state index contributed by atoms with van der Waals surface area (Å²) in [4.78, 5) is 21.2. The van der Waals surface area contributed by atoms with E-state index in [1.54, 1.807) is 4.90 Å². The summed E-state index contributed by atoms with van der Waals surface area (Å²) in [6.45, 7) is 3.81. The van der Waals surface area contributed by atoms with Crippen LogP contribution in [0.1, 0.15) is 25.3 Å². The highest BCUT2D eigenvalue weighted by atomic mass is 127. The fourth-order valence-corrected chi connectivity index (χ4v) is 2.87. The molecule has 30 heavy (non-hydrogen) atoms. The van der Waals surface area contributed by atoms with Crippen molar-refractivity contribution >= 4 is 36.0 Å². The maximum atomic E-state index is 12.9. The Bertz CT molecular complexity index is 698. The molecule has 0 radical (unpaired) electrons. The number of rotatable bonds is 6. The molecule has 2 heterocycles. The highest BCUT2D eigenvalue weighted by Gasteiger charge is 2.35. The van der Waals surface area contributed by atoms with Crippen LogP contribution in [0.15, 0.2) is 23.3 Å². The summed E-state index contributed by atoms with van der Waals surface area (Å²) < 4.78 is 48.7. The molecule has 0 atom stereocenters. The third-order valence-electron chi connectivity index (χ3n) is 4.29. The number of amides is 1. The maximum absolute atomic E-state index is 12.9. The second kappa shape index (κ2) is 12.6. The molecule has 2 rings (SSSR count). The van der Waals surface area contributed by atoms with Gasteiger partial charge in [0.2, 0.25) is 5.88 Å². The van der Waals surface area contributed by atoms with Gasteiger partial charge in [-0.25, -0.2) is 14.8 Å². The van der Waals surface area contributed by atoms with Crippen molar-refractivity contribution in [1.29, 1.82) is 0 Å². The highest BCUT2D eigenvalue weighted by molar-refractivity contribution is 14.0. The Morgan fingerprint density at radius 2 is 2.07 bits per heavy atom. The number of hydrogen-bond donors (Lipinski definition) is 2. The standard InChI is InChI=1S/C18H26F3N5O3.HI/c1-3-22-16(25-13-6-10-26(11-7-13)17(27)28-2)24-9-12-29-15-14(18(19,20)21)5-4-8-23-15;/h4-5,8,13H,3,6-7,9-12H2,1-2H3,(H2,22,24,25);1H. The predicted molar refractivity (Wildman–Crippen MR) is 116 cm³/mol. The fraction of sp³-hybridized carbons (Fsp3) is 0.611. The van der Waals surface area contributed by atoms with E-state index in [2.05, 4.69) is 20.6 Å². The number of carbonyl (C=O) groups excluding carboxylic acids is 1.